The molecule has 1 aliphatic heterocycles. The Morgan fingerprint density at radius 3 is 2.60 bits per heavy atom. The molecule has 160 valence electrons. The molecule has 0 atom stereocenters. The van der Waals surface area contributed by atoms with Crippen LogP contribution in [0.15, 0.2) is 24.3 Å². The van der Waals surface area contributed by atoms with Crippen molar-refractivity contribution in [2.75, 3.05) is 24.3 Å². The molecule has 0 spiro atoms. The van der Waals surface area contributed by atoms with Crippen molar-refractivity contribution in [3.8, 4) is 5.75 Å². The van der Waals surface area contributed by atoms with Gasteiger partial charge in [-0.05, 0) is 61.9 Å². The number of amides is 1. The van der Waals surface area contributed by atoms with Gasteiger partial charge < -0.3 is 14.8 Å². The number of thiophene rings is 1. The molecule has 0 unspecified atom stereocenters. The Bertz CT molecular complexity index is 1070. The molecule has 30 heavy (non-hydrogen) atoms. The molecule has 1 aliphatic carbocycles. The third-order valence-corrected chi connectivity index (χ3v) is 8.00. The molecule has 1 N–H and O–H groups in total. The highest BCUT2D eigenvalue weighted by Crippen LogP contribution is 2.38. The minimum atomic E-state index is -3.20. The second kappa shape index (κ2) is 8.39. The molecule has 0 bridgehead atoms. The number of nitrogens with one attached hydrogen (secondary N) is 1. The van der Waals surface area contributed by atoms with Gasteiger partial charge in [-0.3, -0.25) is 4.79 Å². The quantitative estimate of drug-likeness (QED) is 0.650. The monoisotopic (exact) mass is 449 g/mol. The number of carbonyl (C=O) groups is 2. The number of carbonyl (C=O) groups excluding carboxylic acids is 2. The fourth-order valence-electron chi connectivity index (χ4n) is 3.31. The van der Waals surface area contributed by atoms with Crippen LogP contribution in [0.5, 0.6) is 5.75 Å². The second-order valence-electron chi connectivity index (χ2n) is 7.50. The number of hydrogen-bond donors (Lipinski definition) is 1. The Kier molecular flexibility index (Phi) is 5.84. The van der Waals surface area contributed by atoms with E-state index < -0.39 is 15.8 Å². The van der Waals surface area contributed by atoms with Gasteiger partial charge in [0.15, 0.2) is 9.84 Å². The summed E-state index contributed by atoms with van der Waals surface area (Å²) < 4.78 is 34.8. The van der Waals surface area contributed by atoms with Crippen molar-refractivity contribution >= 4 is 38.1 Å². The zero-order chi connectivity index (χ0) is 21.3. The maximum absolute atomic E-state index is 12.8. The molecule has 7 nitrogen and oxygen atoms in total. The van der Waals surface area contributed by atoms with Crippen LogP contribution in [-0.2, 0) is 26.7 Å². The Labute approximate surface area is 179 Å². The standard InChI is InChI=1S/C21H23NO6S2/c1-2-27-21(24)18-16-9-10-30(25,26)12-17(16)29-20(18)22-19(23)14-5-7-15(8-6-14)28-11-13-3-4-13/h5-8,13H,2-4,9-12H2,1H3,(H,22,23). The van der Waals surface area contributed by atoms with Gasteiger partial charge in [0.25, 0.3) is 5.91 Å². The van der Waals surface area contributed by atoms with Gasteiger partial charge in [-0.2, -0.15) is 0 Å². The molecule has 4 rings (SSSR count). The Hall–Kier alpha value is -2.39. The molecule has 1 saturated carbocycles. The highest BCUT2D eigenvalue weighted by Gasteiger charge is 2.32. The van der Waals surface area contributed by atoms with Crippen LogP contribution >= 0.6 is 11.3 Å². The lowest BCUT2D eigenvalue weighted by Crippen LogP contribution is -2.20. The zero-order valence-electron chi connectivity index (χ0n) is 16.6. The van der Waals surface area contributed by atoms with Gasteiger partial charge in [0.1, 0.15) is 10.8 Å². The van der Waals surface area contributed by atoms with E-state index in [2.05, 4.69) is 5.32 Å². The summed E-state index contributed by atoms with van der Waals surface area (Å²) in [5.41, 5.74) is 1.35. The van der Waals surface area contributed by atoms with Crippen molar-refractivity contribution in [1.82, 2.24) is 0 Å². The molecule has 0 radical (unpaired) electrons. The number of anilines is 1. The van der Waals surface area contributed by atoms with E-state index in [0.717, 1.165) is 11.3 Å². The molecule has 9 heteroatoms. The summed E-state index contributed by atoms with van der Waals surface area (Å²) in [4.78, 5) is 25.9. The molecular formula is C21H23NO6S2. The normalized spacial score (nSPS) is 17.1. The van der Waals surface area contributed by atoms with Crippen LogP contribution in [-0.4, -0.2) is 39.3 Å². The highest BCUT2D eigenvalue weighted by molar-refractivity contribution is 7.90. The molecule has 0 saturated heterocycles. The van der Waals surface area contributed by atoms with Gasteiger partial charge >= 0.3 is 5.97 Å². The fraction of sp³-hybridized carbons (Fsp3) is 0.429. The van der Waals surface area contributed by atoms with Crippen LogP contribution in [0.2, 0.25) is 0 Å². The summed E-state index contributed by atoms with van der Waals surface area (Å²) in [5.74, 6) is 0.288. The smallest absolute Gasteiger partial charge is 0.341 e. The van der Waals surface area contributed by atoms with Crippen molar-refractivity contribution in [3.05, 3.63) is 45.8 Å². The Morgan fingerprint density at radius 2 is 1.93 bits per heavy atom. The summed E-state index contributed by atoms with van der Waals surface area (Å²) in [6, 6.07) is 6.82. The first kappa shape index (κ1) is 20.9. The Morgan fingerprint density at radius 1 is 1.20 bits per heavy atom. The molecule has 2 aliphatic rings. The number of fused-ring (bicyclic) bond motifs is 1. The largest absolute Gasteiger partial charge is 0.493 e. The number of ether oxygens (including phenoxy) is 2. The average molecular weight is 450 g/mol. The van der Waals surface area contributed by atoms with Crippen LogP contribution in [0, 0.1) is 5.92 Å². The van der Waals surface area contributed by atoms with E-state index in [1.807, 2.05) is 0 Å². The third-order valence-electron chi connectivity index (χ3n) is 5.11. The summed E-state index contributed by atoms with van der Waals surface area (Å²) in [6.07, 6.45) is 2.65. The topological polar surface area (TPSA) is 98.8 Å². The minimum Gasteiger partial charge on any atom is -0.493 e. The van der Waals surface area contributed by atoms with Gasteiger partial charge in [0, 0.05) is 10.4 Å². The second-order valence-corrected chi connectivity index (χ2v) is 10.8. The SMILES string of the molecule is CCOC(=O)c1c(NC(=O)c2ccc(OCC3CC3)cc2)sc2c1CCS(=O)(=O)C2. The molecule has 1 aromatic heterocycles. The van der Waals surface area contributed by atoms with Crippen LogP contribution in [0.25, 0.3) is 0 Å². The van der Waals surface area contributed by atoms with E-state index in [1.165, 1.54) is 12.8 Å². The lowest BCUT2D eigenvalue weighted by molar-refractivity contribution is 0.0527. The maximum Gasteiger partial charge on any atom is 0.341 e. The van der Waals surface area contributed by atoms with Crippen LogP contribution in [0.4, 0.5) is 5.00 Å². The van der Waals surface area contributed by atoms with Gasteiger partial charge in [-0.1, -0.05) is 0 Å². The van der Waals surface area contributed by atoms with E-state index in [9.17, 15) is 18.0 Å². The molecule has 2 heterocycles. The van der Waals surface area contributed by atoms with Gasteiger partial charge in [0.05, 0.1) is 30.3 Å². The first-order chi connectivity index (χ1) is 14.4. The minimum absolute atomic E-state index is 0.0150. The van der Waals surface area contributed by atoms with E-state index in [-0.39, 0.29) is 36.0 Å². The van der Waals surface area contributed by atoms with Crippen molar-refractivity contribution in [2.45, 2.75) is 31.9 Å². The van der Waals surface area contributed by atoms with E-state index in [1.54, 1.807) is 31.2 Å². The Balaban J connectivity index is 1.54. The highest BCUT2D eigenvalue weighted by atomic mass is 32.2. The summed E-state index contributed by atoms with van der Waals surface area (Å²) in [6.45, 7) is 2.59. The van der Waals surface area contributed by atoms with Gasteiger partial charge in [0.2, 0.25) is 0 Å². The predicted octanol–water partition coefficient (Wildman–Crippen LogP) is 3.44. The number of rotatable bonds is 7. The van der Waals surface area contributed by atoms with Gasteiger partial charge in [-0.15, -0.1) is 11.3 Å². The molecule has 1 amide bonds. The molecular weight excluding hydrogens is 426 g/mol. The first-order valence-electron chi connectivity index (χ1n) is 9.92. The third kappa shape index (κ3) is 4.67. The lowest BCUT2D eigenvalue weighted by Gasteiger charge is -2.13. The summed E-state index contributed by atoms with van der Waals surface area (Å²) >= 11 is 1.13. The maximum atomic E-state index is 12.8. The van der Waals surface area contributed by atoms with Crippen LogP contribution < -0.4 is 10.1 Å². The average Bonchev–Trinajstić information content (AvgIpc) is 3.47. The van der Waals surface area contributed by atoms with Crippen molar-refractivity contribution in [2.24, 2.45) is 5.92 Å². The number of hydrogen-bond acceptors (Lipinski definition) is 7. The van der Waals surface area contributed by atoms with Crippen molar-refractivity contribution < 1.29 is 27.5 Å². The van der Waals surface area contributed by atoms with Crippen molar-refractivity contribution in [3.63, 3.8) is 0 Å². The number of esters is 1. The summed E-state index contributed by atoms with van der Waals surface area (Å²) in [7, 11) is -3.20. The first-order valence-corrected chi connectivity index (χ1v) is 12.6. The van der Waals surface area contributed by atoms with Crippen molar-refractivity contribution in [1.29, 1.82) is 0 Å². The van der Waals surface area contributed by atoms with E-state index >= 15 is 0 Å². The number of benzene rings is 1. The molecule has 1 fully saturated rings. The molecule has 2 aromatic rings. The predicted molar refractivity (Wildman–Crippen MR) is 114 cm³/mol. The number of sulfone groups is 1. The van der Waals surface area contributed by atoms with Gasteiger partial charge in [-0.25, -0.2) is 13.2 Å². The molecule has 1 aromatic carbocycles. The summed E-state index contributed by atoms with van der Waals surface area (Å²) in [5, 5.41) is 3.10. The van der Waals surface area contributed by atoms with Crippen LogP contribution in [0.3, 0.4) is 0 Å². The van der Waals surface area contributed by atoms with E-state index in [0.29, 0.717) is 39.3 Å². The zero-order valence-corrected chi connectivity index (χ0v) is 18.2. The van der Waals surface area contributed by atoms with E-state index in [4.69, 9.17) is 9.47 Å². The fourth-order valence-corrected chi connectivity index (χ4v) is 6.34. The lowest BCUT2D eigenvalue weighted by atomic mass is 10.1. The van der Waals surface area contributed by atoms with Crippen LogP contribution in [0.1, 0.15) is 50.9 Å².